The zero-order valence-electron chi connectivity index (χ0n) is 9.85. The van der Waals surface area contributed by atoms with Crippen LogP contribution in [0.1, 0.15) is 5.56 Å². The van der Waals surface area contributed by atoms with Crippen LogP contribution in [0.3, 0.4) is 0 Å². The summed E-state index contributed by atoms with van der Waals surface area (Å²) in [5.74, 6) is -0.0105. The first-order valence-electron chi connectivity index (χ1n) is 5.49. The predicted octanol–water partition coefficient (Wildman–Crippen LogP) is 4.58. The molecule has 19 heavy (non-hydrogen) atoms. The van der Waals surface area contributed by atoms with Gasteiger partial charge in [0.25, 0.3) is 0 Å². The van der Waals surface area contributed by atoms with E-state index in [1.807, 2.05) is 11.4 Å². The predicted molar refractivity (Wildman–Crippen MR) is 73.6 cm³/mol. The van der Waals surface area contributed by atoms with Crippen LogP contribution in [0, 0.1) is 12.7 Å². The summed E-state index contributed by atoms with van der Waals surface area (Å²) >= 11 is 7.25. The van der Waals surface area contributed by atoms with Crippen molar-refractivity contribution in [2.24, 2.45) is 0 Å². The lowest BCUT2D eigenvalue weighted by Gasteiger charge is -2.08. The first kappa shape index (κ1) is 12.3. The second-order valence-electron chi connectivity index (χ2n) is 3.93. The van der Waals surface area contributed by atoms with Gasteiger partial charge in [0.1, 0.15) is 4.83 Å². The smallest absolute Gasteiger partial charge is 0.232 e. The normalized spacial score (nSPS) is 10.9. The monoisotopic (exact) mass is 294 g/mol. The van der Waals surface area contributed by atoms with Crippen molar-refractivity contribution in [1.82, 2.24) is 9.97 Å². The molecule has 0 bridgehead atoms. The molecule has 2 aromatic heterocycles. The van der Waals surface area contributed by atoms with Gasteiger partial charge in [0, 0.05) is 0 Å². The van der Waals surface area contributed by atoms with E-state index in [0.29, 0.717) is 10.4 Å². The summed E-state index contributed by atoms with van der Waals surface area (Å²) in [6.07, 6.45) is 0. The third-order valence-corrected chi connectivity index (χ3v) is 3.60. The van der Waals surface area contributed by atoms with Gasteiger partial charge in [-0.25, -0.2) is 9.37 Å². The fraction of sp³-hybridized carbons (Fsp3) is 0.0769. The quantitative estimate of drug-likeness (QED) is 0.649. The molecule has 0 amide bonds. The van der Waals surface area contributed by atoms with Crippen molar-refractivity contribution in [3.05, 3.63) is 46.3 Å². The maximum Gasteiger partial charge on any atom is 0.232 e. The Kier molecular flexibility index (Phi) is 3.08. The molecule has 0 saturated heterocycles. The Balaban J connectivity index is 2.10. The number of hydrogen-bond donors (Lipinski definition) is 0. The average molecular weight is 295 g/mol. The van der Waals surface area contributed by atoms with Gasteiger partial charge in [-0.15, -0.1) is 11.3 Å². The van der Waals surface area contributed by atoms with E-state index in [9.17, 15) is 4.39 Å². The van der Waals surface area contributed by atoms with Crippen molar-refractivity contribution >= 4 is 33.2 Å². The largest absolute Gasteiger partial charge is 0.435 e. The van der Waals surface area contributed by atoms with E-state index in [4.69, 9.17) is 16.3 Å². The summed E-state index contributed by atoms with van der Waals surface area (Å²) in [7, 11) is 0. The van der Waals surface area contributed by atoms with Gasteiger partial charge < -0.3 is 4.74 Å². The fourth-order valence-electron chi connectivity index (χ4n) is 1.68. The molecule has 96 valence electrons. The summed E-state index contributed by atoms with van der Waals surface area (Å²) in [5.41, 5.74) is 0.513. The molecule has 3 nitrogen and oxygen atoms in total. The van der Waals surface area contributed by atoms with E-state index in [0.717, 1.165) is 5.39 Å². The molecule has 0 saturated carbocycles. The lowest BCUT2D eigenvalue weighted by molar-refractivity contribution is 0.430. The van der Waals surface area contributed by atoms with Gasteiger partial charge in [0.05, 0.1) is 5.39 Å². The van der Waals surface area contributed by atoms with Gasteiger partial charge in [0.2, 0.25) is 11.2 Å². The van der Waals surface area contributed by atoms with Gasteiger partial charge in [-0.3, -0.25) is 0 Å². The molecule has 1 aromatic carbocycles. The molecule has 0 aliphatic rings. The van der Waals surface area contributed by atoms with E-state index in [1.165, 1.54) is 11.3 Å². The first-order valence-corrected chi connectivity index (χ1v) is 6.74. The van der Waals surface area contributed by atoms with Crippen LogP contribution in [0.25, 0.3) is 10.2 Å². The molecule has 0 aliphatic heterocycles. The molecule has 0 spiro atoms. The molecule has 0 N–H and O–H groups in total. The summed E-state index contributed by atoms with van der Waals surface area (Å²) in [6.45, 7) is 1.68. The number of halogens is 2. The van der Waals surface area contributed by atoms with E-state index >= 15 is 0 Å². The Labute approximate surface area is 117 Å². The molecule has 0 radical (unpaired) electrons. The SMILES string of the molecule is Cc1cccc(Oc2nc(Cl)nc3sccc23)c1F. The molecule has 0 aliphatic carbocycles. The van der Waals surface area contributed by atoms with Crippen LogP contribution in [0.4, 0.5) is 4.39 Å². The summed E-state index contributed by atoms with van der Waals surface area (Å²) < 4.78 is 19.5. The van der Waals surface area contributed by atoms with E-state index in [1.54, 1.807) is 25.1 Å². The summed E-state index contributed by atoms with van der Waals surface area (Å²) in [5, 5.41) is 2.66. The van der Waals surface area contributed by atoms with Gasteiger partial charge in [-0.05, 0) is 41.6 Å². The minimum Gasteiger partial charge on any atom is -0.435 e. The molecule has 3 rings (SSSR count). The molecule has 0 unspecified atom stereocenters. The maximum absolute atomic E-state index is 13.9. The minimum absolute atomic E-state index is 0.0815. The van der Waals surface area contributed by atoms with Gasteiger partial charge in [0.15, 0.2) is 11.6 Å². The highest BCUT2D eigenvalue weighted by molar-refractivity contribution is 7.16. The molecular formula is C13H8ClFN2OS. The molecular weight excluding hydrogens is 287 g/mol. The highest BCUT2D eigenvalue weighted by Crippen LogP contribution is 2.32. The van der Waals surface area contributed by atoms with Crippen molar-refractivity contribution < 1.29 is 9.13 Å². The number of rotatable bonds is 2. The van der Waals surface area contributed by atoms with Crippen molar-refractivity contribution in [2.45, 2.75) is 6.92 Å². The molecule has 2 heterocycles. The third kappa shape index (κ3) is 2.27. The third-order valence-electron chi connectivity index (χ3n) is 2.63. The number of aryl methyl sites for hydroxylation is 1. The van der Waals surface area contributed by atoms with Crippen LogP contribution in [-0.2, 0) is 0 Å². The van der Waals surface area contributed by atoms with Crippen molar-refractivity contribution in [3.8, 4) is 11.6 Å². The second-order valence-corrected chi connectivity index (χ2v) is 5.16. The van der Waals surface area contributed by atoms with Gasteiger partial charge >= 0.3 is 0 Å². The molecule has 6 heteroatoms. The highest BCUT2D eigenvalue weighted by atomic mass is 35.5. The lowest BCUT2D eigenvalue weighted by atomic mass is 10.2. The standard InChI is InChI=1S/C13H8ClFN2OS/c1-7-3-2-4-9(10(7)15)18-11-8-5-6-19-12(8)17-13(14)16-11/h2-6H,1H3. The zero-order chi connectivity index (χ0) is 13.4. The first-order chi connectivity index (χ1) is 9.15. The Bertz CT molecular complexity index is 759. The summed E-state index contributed by atoms with van der Waals surface area (Å²) in [4.78, 5) is 8.80. The molecule has 3 aromatic rings. The van der Waals surface area contributed by atoms with E-state index < -0.39 is 5.82 Å². The number of benzene rings is 1. The van der Waals surface area contributed by atoms with Crippen LogP contribution >= 0.6 is 22.9 Å². The number of hydrogen-bond acceptors (Lipinski definition) is 4. The summed E-state index contributed by atoms with van der Waals surface area (Å²) in [6, 6.07) is 6.77. The number of ether oxygens (including phenoxy) is 1. The highest BCUT2D eigenvalue weighted by Gasteiger charge is 2.13. The van der Waals surface area contributed by atoms with Crippen molar-refractivity contribution in [2.75, 3.05) is 0 Å². The second kappa shape index (κ2) is 4.75. The lowest BCUT2D eigenvalue weighted by Crippen LogP contribution is -1.94. The van der Waals surface area contributed by atoms with Crippen molar-refractivity contribution in [3.63, 3.8) is 0 Å². The molecule has 0 atom stereocenters. The van der Waals surface area contributed by atoms with Gasteiger partial charge in [-0.2, -0.15) is 4.98 Å². The topological polar surface area (TPSA) is 35.0 Å². The van der Waals surface area contributed by atoms with Crippen LogP contribution in [-0.4, -0.2) is 9.97 Å². The molecule has 0 fully saturated rings. The fourth-order valence-corrected chi connectivity index (χ4v) is 2.65. The Morgan fingerprint density at radius 2 is 2.11 bits per heavy atom. The van der Waals surface area contributed by atoms with E-state index in [2.05, 4.69) is 9.97 Å². The number of nitrogens with zero attached hydrogens (tertiary/aromatic N) is 2. The van der Waals surface area contributed by atoms with Gasteiger partial charge in [-0.1, -0.05) is 12.1 Å². The van der Waals surface area contributed by atoms with Crippen LogP contribution in [0.5, 0.6) is 11.6 Å². The Morgan fingerprint density at radius 1 is 1.26 bits per heavy atom. The number of aromatic nitrogens is 2. The number of thiophene rings is 1. The Morgan fingerprint density at radius 3 is 2.95 bits per heavy atom. The zero-order valence-corrected chi connectivity index (χ0v) is 11.4. The van der Waals surface area contributed by atoms with Crippen LogP contribution in [0.15, 0.2) is 29.6 Å². The number of fused-ring (bicyclic) bond motifs is 1. The Hall–Kier alpha value is -1.72. The van der Waals surface area contributed by atoms with Crippen LogP contribution < -0.4 is 4.74 Å². The minimum atomic E-state index is -0.402. The van der Waals surface area contributed by atoms with Crippen LogP contribution in [0.2, 0.25) is 5.28 Å². The van der Waals surface area contributed by atoms with Crippen molar-refractivity contribution in [1.29, 1.82) is 0 Å². The average Bonchev–Trinajstić information content (AvgIpc) is 2.83. The van der Waals surface area contributed by atoms with E-state index in [-0.39, 0.29) is 16.9 Å². The maximum atomic E-state index is 13.9.